The number of aromatic amines is 1. The first-order chi connectivity index (χ1) is 35.8. The number of benzene rings is 4. The Morgan fingerprint density at radius 2 is 1.72 bits per heavy atom. The molecule has 4 aromatic carbocycles. The number of aryl methyl sites for hydroxylation is 1. The van der Waals surface area contributed by atoms with Crippen molar-refractivity contribution in [1.82, 2.24) is 30.2 Å². The van der Waals surface area contributed by atoms with Crippen LogP contribution < -0.4 is 15.5 Å². The summed E-state index contributed by atoms with van der Waals surface area (Å²) in [4.78, 5) is 38.1. The number of carbonyl (C=O) groups is 2. The Hall–Kier alpha value is -5.46. The molecule has 5 aromatic rings. The Kier molecular flexibility index (Phi) is 13.1. The second kappa shape index (κ2) is 19.6. The Labute approximate surface area is 433 Å². The summed E-state index contributed by atoms with van der Waals surface area (Å²) in [7, 11) is 0. The van der Waals surface area contributed by atoms with Gasteiger partial charge in [0.2, 0.25) is 12.3 Å². The third-order valence-corrected chi connectivity index (χ3v) is 18.2. The fourth-order valence-corrected chi connectivity index (χ4v) is 13.8. The van der Waals surface area contributed by atoms with E-state index in [4.69, 9.17) is 21.3 Å². The van der Waals surface area contributed by atoms with Crippen LogP contribution >= 0.6 is 11.6 Å². The number of amides is 3. The van der Waals surface area contributed by atoms with Crippen LogP contribution in [0.3, 0.4) is 0 Å². The molecule has 5 N–H and O–H groups in total. The van der Waals surface area contributed by atoms with Gasteiger partial charge in [0, 0.05) is 67.2 Å². The van der Waals surface area contributed by atoms with Crippen molar-refractivity contribution >= 4 is 62.6 Å². The van der Waals surface area contributed by atoms with Crippen LogP contribution in [-0.4, -0.2) is 131 Å². The van der Waals surface area contributed by atoms with E-state index in [0.717, 1.165) is 84.1 Å². The van der Waals surface area contributed by atoms with Crippen molar-refractivity contribution < 1.29 is 37.7 Å². The highest BCUT2D eigenvalue weighted by atomic mass is 35.5. The molecule has 6 heterocycles. The Bertz CT molecular complexity index is 3050. The molecule has 2 unspecified atom stereocenters. The molecule has 2 saturated carbocycles. The fourth-order valence-electron chi connectivity index (χ4n) is 13.5. The van der Waals surface area contributed by atoms with Crippen LogP contribution in [0.5, 0.6) is 5.75 Å². The van der Waals surface area contributed by atoms with Crippen LogP contribution in [0.1, 0.15) is 107 Å². The molecule has 392 valence electrons. The maximum Gasteiger partial charge on any atom is 0.329 e. The summed E-state index contributed by atoms with van der Waals surface area (Å²) in [6, 6.07) is 11.0. The zero-order chi connectivity index (χ0) is 51.0. The number of halogens is 4. The van der Waals surface area contributed by atoms with Crippen molar-refractivity contribution in [3.05, 3.63) is 81.6 Å². The van der Waals surface area contributed by atoms with E-state index < -0.39 is 24.0 Å². The number of nitrogens with one attached hydrogen (secondary N) is 3. The number of hydrogen-bond donors (Lipinski definition) is 5. The molecule has 4 saturated heterocycles. The molecule has 12 rings (SSSR count). The summed E-state index contributed by atoms with van der Waals surface area (Å²) in [5.41, 5.74) is 3.21. The van der Waals surface area contributed by atoms with Crippen LogP contribution in [0, 0.1) is 34.2 Å². The Morgan fingerprint density at radius 3 is 2.46 bits per heavy atom. The van der Waals surface area contributed by atoms with Gasteiger partial charge in [-0.1, -0.05) is 24.6 Å². The van der Waals surface area contributed by atoms with E-state index in [9.17, 15) is 19.8 Å². The van der Waals surface area contributed by atoms with Crippen LogP contribution in [0.25, 0.3) is 32.8 Å². The monoisotopic (exact) mass is 1040 g/mol. The zero-order valence-corrected chi connectivity index (χ0v) is 42.7. The molecule has 0 bridgehead atoms. The Balaban J connectivity index is 0.679. The van der Waals surface area contributed by atoms with Crippen LogP contribution in [0.4, 0.5) is 29.5 Å². The minimum Gasteiger partial charge on any atom is -0.508 e. The predicted molar refractivity (Wildman–Crippen MR) is 279 cm³/mol. The number of fused-ring (bicyclic) bond motifs is 3. The summed E-state index contributed by atoms with van der Waals surface area (Å²) in [6.07, 6.45) is 10.8. The number of carbonyl (C=O) groups excluding carboxylic acids is 2. The molecule has 14 nitrogen and oxygen atoms in total. The van der Waals surface area contributed by atoms with Gasteiger partial charge in [-0.15, -0.1) is 0 Å². The number of nitrogens with zero attached hydrogens (tertiary/aromatic N) is 6. The lowest BCUT2D eigenvalue weighted by molar-refractivity contribution is -0.120. The minimum absolute atomic E-state index is 0.0219. The number of aromatic nitrogens is 2. The quantitative estimate of drug-likeness (QED) is 0.0814. The average Bonchev–Trinajstić information content (AvgIpc) is 4.04. The molecule has 1 aromatic heterocycles. The number of phenolic OH excluding ortho intramolecular Hbond substituents is 1. The molecule has 2 aliphatic carbocycles. The van der Waals surface area contributed by atoms with Gasteiger partial charge in [-0.3, -0.25) is 20.1 Å². The number of amidine groups is 1. The first kappa shape index (κ1) is 49.4. The number of aliphatic hydroxyl groups is 1. The number of rotatable bonds is 12. The van der Waals surface area contributed by atoms with E-state index in [1.165, 1.54) is 35.9 Å². The number of likely N-dealkylation sites (tertiary alicyclic amines) is 3. The van der Waals surface area contributed by atoms with Crippen molar-refractivity contribution in [3.63, 3.8) is 0 Å². The number of phenols is 1. The molecule has 5 aliphatic heterocycles. The van der Waals surface area contributed by atoms with E-state index in [-0.39, 0.29) is 70.6 Å². The third-order valence-electron chi connectivity index (χ3n) is 17.9. The number of urea groups is 1. The largest absolute Gasteiger partial charge is 0.508 e. The molecule has 2 atom stereocenters. The molecule has 0 radical (unpaired) electrons. The molecular formula is C56H65ClF3N9O5. The maximum absolute atomic E-state index is 17.5. The number of aliphatic hydroxyl groups excluding tert-OH is 1. The van der Waals surface area contributed by atoms with Crippen molar-refractivity contribution in [1.29, 1.82) is 0 Å². The van der Waals surface area contributed by atoms with E-state index in [1.54, 1.807) is 18.2 Å². The normalized spacial score (nSPS) is 23.5. The molecule has 3 amide bonds. The van der Waals surface area contributed by atoms with Crippen molar-refractivity contribution in [2.24, 2.45) is 21.7 Å². The summed E-state index contributed by atoms with van der Waals surface area (Å²) in [5, 5.41) is 35.4. The summed E-state index contributed by atoms with van der Waals surface area (Å²) >= 11 is 7.05. The number of imide groups is 1. The van der Waals surface area contributed by atoms with Gasteiger partial charge in [0.15, 0.2) is 11.6 Å². The van der Waals surface area contributed by atoms with Crippen molar-refractivity contribution in [2.75, 3.05) is 75.8 Å². The SMILES string of the molecule is CCc1c(F)ccc2cc(O)cc(-c3c(Cl)cc4c(c3F)NC(OCC3(CN5CCC6(CC5)CC(N5CCC(c7cc8[nH]nc(N9CCC(=O)NC9=O)c8cc7F)CC5)C6)CC3)N=C4N3CCCC(CCO)C3)c12. The second-order valence-corrected chi connectivity index (χ2v) is 22.9. The second-order valence-electron chi connectivity index (χ2n) is 22.5. The maximum atomic E-state index is 17.5. The van der Waals surface area contributed by atoms with E-state index >= 15 is 13.2 Å². The van der Waals surface area contributed by atoms with Gasteiger partial charge in [0.25, 0.3) is 0 Å². The van der Waals surface area contributed by atoms with Gasteiger partial charge in [0.1, 0.15) is 23.2 Å². The summed E-state index contributed by atoms with van der Waals surface area (Å²) < 4.78 is 55.3. The lowest BCUT2D eigenvalue weighted by Crippen LogP contribution is -2.56. The van der Waals surface area contributed by atoms with Crippen LogP contribution in [-0.2, 0) is 16.0 Å². The molecule has 7 aliphatic rings. The fraction of sp³-hybridized carbons (Fsp3) is 0.536. The highest BCUT2D eigenvalue weighted by molar-refractivity contribution is 6.34. The first-order valence-corrected chi connectivity index (χ1v) is 27.2. The van der Waals surface area contributed by atoms with E-state index in [2.05, 4.69) is 35.5 Å². The van der Waals surface area contributed by atoms with Gasteiger partial charge in [-0.25, -0.2) is 23.0 Å². The third kappa shape index (κ3) is 9.17. The van der Waals surface area contributed by atoms with Crippen molar-refractivity contribution in [3.8, 4) is 16.9 Å². The van der Waals surface area contributed by atoms with Gasteiger partial charge < -0.3 is 35.0 Å². The number of anilines is 2. The van der Waals surface area contributed by atoms with E-state index in [1.807, 2.05) is 13.0 Å². The average molecular weight is 1040 g/mol. The molecular weight excluding hydrogens is 971 g/mol. The highest BCUT2D eigenvalue weighted by Crippen LogP contribution is 2.54. The first-order valence-electron chi connectivity index (χ1n) is 26.8. The van der Waals surface area contributed by atoms with Crippen molar-refractivity contribution in [2.45, 2.75) is 109 Å². The molecule has 74 heavy (non-hydrogen) atoms. The topological polar surface area (TPSA) is 162 Å². The smallest absolute Gasteiger partial charge is 0.329 e. The highest BCUT2D eigenvalue weighted by Gasteiger charge is 2.51. The number of H-pyrrole nitrogens is 1. The van der Waals surface area contributed by atoms with Crippen LogP contribution in [0.15, 0.2) is 47.5 Å². The Morgan fingerprint density at radius 1 is 0.919 bits per heavy atom. The predicted octanol–water partition coefficient (Wildman–Crippen LogP) is 9.64. The van der Waals surface area contributed by atoms with Gasteiger partial charge in [-0.2, -0.15) is 5.10 Å². The number of aliphatic imine (C=N–C) groups is 1. The van der Waals surface area contributed by atoms with Gasteiger partial charge in [0.05, 0.1) is 22.8 Å². The zero-order valence-electron chi connectivity index (χ0n) is 41.9. The summed E-state index contributed by atoms with van der Waals surface area (Å²) in [6.45, 7) is 8.84. The van der Waals surface area contributed by atoms with Gasteiger partial charge in [-0.05, 0) is 184 Å². The van der Waals surface area contributed by atoms with E-state index in [0.29, 0.717) is 99.6 Å². The standard InChI is InChI=1S/C56H65ClF3N9O5/c1-2-37-43(58)6-5-34-22-36(71)23-40(47(34)37)48-42(57)24-41-50(49(48)60)62-53(63-51(41)68-15-3-4-32(29-68)10-21-70)74-31-56(11-12-56)30-66-19-13-55(14-20-66)27-35(28-55)67-16-7-33(8-17-67)38-26-45-39(25-44(38)59)52(65-64-45)69-18-9-46(72)61-54(69)73/h5-6,22-26,32-33,35,53,62,70-71H,2-4,7-21,27-31H2,1H3,(H,64,65)(H,61,72,73). The lowest BCUT2D eigenvalue weighted by Gasteiger charge is -2.56. The number of hydrogen-bond acceptors (Lipinski definition) is 11. The number of ether oxygens (including phenoxy) is 1. The summed E-state index contributed by atoms with van der Waals surface area (Å²) in [5.74, 6) is -0.449. The van der Waals surface area contributed by atoms with Crippen LogP contribution in [0.2, 0.25) is 5.02 Å². The molecule has 18 heteroatoms. The number of aromatic hydroxyl groups is 1. The number of piperidine rings is 3. The molecule has 1 spiro atoms. The van der Waals surface area contributed by atoms with Gasteiger partial charge >= 0.3 is 6.03 Å². The minimum atomic E-state index is -0.875. The lowest BCUT2D eigenvalue weighted by atomic mass is 9.59. The molecule has 6 fully saturated rings.